The van der Waals surface area contributed by atoms with Gasteiger partial charge in [0.15, 0.2) is 12.2 Å². The van der Waals surface area contributed by atoms with Gasteiger partial charge in [0.25, 0.3) is 0 Å². The molecule has 0 saturated heterocycles. The molecule has 0 aromatic carbocycles. The van der Waals surface area contributed by atoms with Crippen LogP contribution in [0.15, 0.2) is 10.8 Å². The van der Waals surface area contributed by atoms with Crippen LogP contribution in [0.1, 0.15) is 24.3 Å². The highest BCUT2D eigenvalue weighted by Gasteiger charge is 2.28. The van der Waals surface area contributed by atoms with E-state index in [2.05, 4.69) is 15.0 Å². The van der Waals surface area contributed by atoms with E-state index in [0.29, 0.717) is 24.0 Å². The monoisotopic (exact) mass is 250 g/mol. The fraction of sp³-hybridized carbons (Fsp3) is 0.700. The first-order valence-corrected chi connectivity index (χ1v) is 5.34. The van der Waals surface area contributed by atoms with Crippen LogP contribution in [-0.2, 0) is 17.9 Å². The summed E-state index contributed by atoms with van der Waals surface area (Å²) in [4.78, 5) is 3.94. The molecule has 96 valence electrons. The molecular weight excluding hydrogens is 237 g/mol. The molecule has 1 aliphatic carbocycles. The van der Waals surface area contributed by atoms with Crippen LogP contribution in [0.3, 0.4) is 0 Å². The second-order valence-electron chi connectivity index (χ2n) is 3.99. The lowest BCUT2D eigenvalue weighted by Crippen LogP contribution is -2.18. The molecule has 0 aliphatic heterocycles. The maximum Gasteiger partial charge on any atom is 0.411 e. The molecule has 0 radical (unpaired) electrons. The Balaban J connectivity index is 1.76. The van der Waals surface area contributed by atoms with Crippen molar-refractivity contribution in [2.24, 2.45) is 0 Å². The van der Waals surface area contributed by atoms with Crippen molar-refractivity contribution in [3.63, 3.8) is 0 Å². The number of hydrogen-bond donors (Lipinski definition) is 1. The largest absolute Gasteiger partial charge is 0.446 e. The molecule has 0 spiro atoms. The number of ether oxygens (including phenoxy) is 1. The van der Waals surface area contributed by atoms with Gasteiger partial charge in [-0.3, -0.25) is 0 Å². The van der Waals surface area contributed by atoms with Crippen LogP contribution in [0.4, 0.5) is 13.2 Å². The standard InChI is InChI=1S/C10H13F3N2O2/c11-10(12,13)5-16-4-9-8(15-6-17-9)3-14-7-1-2-7/h6-7,14H,1-5H2. The summed E-state index contributed by atoms with van der Waals surface area (Å²) in [5.41, 5.74) is 0.610. The highest BCUT2D eigenvalue weighted by Crippen LogP contribution is 2.20. The zero-order valence-corrected chi connectivity index (χ0v) is 9.09. The van der Waals surface area contributed by atoms with Gasteiger partial charge in [0.05, 0.1) is 5.69 Å². The molecule has 1 aromatic rings. The van der Waals surface area contributed by atoms with Crippen LogP contribution in [0, 0.1) is 0 Å². The first kappa shape index (κ1) is 12.4. The van der Waals surface area contributed by atoms with Crippen molar-refractivity contribution < 1.29 is 22.3 Å². The Morgan fingerprint density at radius 3 is 2.88 bits per heavy atom. The third-order valence-electron chi connectivity index (χ3n) is 2.36. The quantitative estimate of drug-likeness (QED) is 0.839. The van der Waals surface area contributed by atoms with E-state index in [9.17, 15) is 13.2 Å². The topological polar surface area (TPSA) is 47.3 Å². The number of nitrogens with one attached hydrogen (secondary N) is 1. The summed E-state index contributed by atoms with van der Waals surface area (Å²) < 4.78 is 45.1. The van der Waals surface area contributed by atoms with Gasteiger partial charge in [0, 0.05) is 12.6 Å². The predicted octanol–water partition coefficient (Wildman–Crippen LogP) is 2.01. The molecule has 1 fully saturated rings. The van der Waals surface area contributed by atoms with Gasteiger partial charge in [-0.25, -0.2) is 4.98 Å². The fourth-order valence-corrected chi connectivity index (χ4v) is 1.34. The molecule has 0 amide bonds. The number of halogens is 3. The van der Waals surface area contributed by atoms with Crippen LogP contribution in [0.5, 0.6) is 0 Å². The number of rotatable bonds is 6. The smallest absolute Gasteiger partial charge is 0.411 e. The van der Waals surface area contributed by atoms with Gasteiger partial charge in [-0.1, -0.05) is 0 Å². The molecule has 17 heavy (non-hydrogen) atoms. The summed E-state index contributed by atoms with van der Waals surface area (Å²) >= 11 is 0. The summed E-state index contributed by atoms with van der Waals surface area (Å²) in [6, 6.07) is 0.510. The maximum atomic E-state index is 11.9. The number of aromatic nitrogens is 1. The predicted molar refractivity (Wildman–Crippen MR) is 52.1 cm³/mol. The number of nitrogens with zero attached hydrogens (tertiary/aromatic N) is 1. The summed E-state index contributed by atoms with van der Waals surface area (Å²) in [5.74, 6) is 0.349. The van der Waals surface area contributed by atoms with Crippen LogP contribution in [-0.4, -0.2) is 23.8 Å². The van der Waals surface area contributed by atoms with Crippen molar-refractivity contribution in [2.45, 2.75) is 38.2 Å². The van der Waals surface area contributed by atoms with Crippen molar-refractivity contribution in [3.05, 3.63) is 17.8 Å². The molecule has 1 aliphatic rings. The van der Waals surface area contributed by atoms with Gasteiger partial charge in [0.1, 0.15) is 13.2 Å². The average Bonchev–Trinajstić information content (AvgIpc) is 2.95. The molecule has 1 aromatic heterocycles. The van der Waals surface area contributed by atoms with E-state index in [1.54, 1.807) is 0 Å². The van der Waals surface area contributed by atoms with Crippen molar-refractivity contribution in [3.8, 4) is 0 Å². The van der Waals surface area contributed by atoms with Gasteiger partial charge in [-0.15, -0.1) is 0 Å². The number of oxazole rings is 1. The summed E-state index contributed by atoms with van der Waals surface area (Å²) in [6.45, 7) is -0.976. The first-order valence-electron chi connectivity index (χ1n) is 5.34. The van der Waals surface area contributed by atoms with Crippen LogP contribution < -0.4 is 5.32 Å². The molecule has 1 N–H and O–H groups in total. The van der Waals surface area contributed by atoms with Gasteiger partial charge in [0.2, 0.25) is 0 Å². The Kier molecular flexibility index (Phi) is 3.68. The molecule has 4 nitrogen and oxygen atoms in total. The molecule has 0 unspecified atom stereocenters. The lowest BCUT2D eigenvalue weighted by molar-refractivity contribution is -0.177. The van der Waals surface area contributed by atoms with Gasteiger partial charge < -0.3 is 14.5 Å². The normalized spacial score (nSPS) is 16.4. The molecule has 0 bridgehead atoms. The lowest BCUT2D eigenvalue weighted by atomic mass is 10.3. The highest BCUT2D eigenvalue weighted by molar-refractivity contribution is 5.06. The summed E-state index contributed by atoms with van der Waals surface area (Å²) in [5, 5.41) is 3.21. The van der Waals surface area contributed by atoms with E-state index in [1.807, 2.05) is 0 Å². The van der Waals surface area contributed by atoms with E-state index in [-0.39, 0.29) is 6.61 Å². The maximum absolute atomic E-state index is 11.9. The average molecular weight is 250 g/mol. The third kappa shape index (κ3) is 4.35. The summed E-state index contributed by atoms with van der Waals surface area (Å²) in [7, 11) is 0. The van der Waals surface area contributed by atoms with Crippen LogP contribution in [0.2, 0.25) is 0 Å². The van der Waals surface area contributed by atoms with Crippen molar-refractivity contribution >= 4 is 0 Å². The Morgan fingerprint density at radius 1 is 1.47 bits per heavy atom. The zero-order valence-electron chi connectivity index (χ0n) is 9.09. The molecule has 0 atom stereocenters. The first-order chi connectivity index (χ1) is 8.04. The Bertz CT molecular complexity index is 361. The fourth-order valence-electron chi connectivity index (χ4n) is 1.34. The number of alkyl halides is 3. The van der Waals surface area contributed by atoms with Gasteiger partial charge in [-0.2, -0.15) is 13.2 Å². The Hall–Kier alpha value is -1.08. The van der Waals surface area contributed by atoms with E-state index in [1.165, 1.54) is 6.39 Å². The number of hydrogen-bond acceptors (Lipinski definition) is 4. The molecule has 1 heterocycles. The second kappa shape index (κ2) is 5.05. The zero-order chi connectivity index (χ0) is 12.3. The van der Waals surface area contributed by atoms with E-state index in [4.69, 9.17) is 4.42 Å². The van der Waals surface area contributed by atoms with Crippen molar-refractivity contribution in [1.29, 1.82) is 0 Å². The third-order valence-corrected chi connectivity index (χ3v) is 2.36. The van der Waals surface area contributed by atoms with Crippen LogP contribution in [0.25, 0.3) is 0 Å². The Labute approximate surface area is 96.2 Å². The Morgan fingerprint density at radius 2 is 2.24 bits per heavy atom. The van der Waals surface area contributed by atoms with Gasteiger partial charge in [-0.05, 0) is 12.8 Å². The molecular formula is C10H13F3N2O2. The molecule has 1 saturated carbocycles. The van der Waals surface area contributed by atoms with Crippen molar-refractivity contribution in [2.75, 3.05) is 6.61 Å². The SMILES string of the molecule is FC(F)(F)COCc1ocnc1CNC1CC1. The summed E-state index contributed by atoms with van der Waals surface area (Å²) in [6.07, 6.45) is -0.821. The van der Waals surface area contributed by atoms with Gasteiger partial charge >= 0.3 is 6.18 Å². The van der Waals surface area contributed by atoms with E-state index in [0.717, 1.165) is 12.8 Å². The minimum absolute atomic E-state index is 0.207. The second-order valence-corrected chi connectivity index (χ2v) is 3.99. The molecule has 7 heteroatoms. The minimum atomic E-state index is -4.31. The molecule has 2 rings (SSSR count). The van der Waals surface area contributed by atoms with Crippen LogP contribution >= 0.6 is 0 Å². The minimum Gasteiger partial charge on any atom is -0.446 e. The van der Waals surface area contributed by atoms with Crippen molar-refractivity contribution in [1.82, 2.24) is 10.3 Å². The van der Waals surface area contributed by atoms with E-state index >= 15 is 0 Å². The van der Waals surface area contributed by atoms with E-state index < -0.39 is 12.8 Å². The highest BCUT2D eigenvalue weighted by atomic mass is 19.4. The lowest BCUT2D eigenvalue weighted by Gasteiger charge is -2.07.